The van der Waals surface area contributed by atoms with Crippen LogP contribution < -0.4 is 5.32 Å². The zero-order valence-corrected chi connectivity index (χ0v) is 11.0. The molecule has 0 fully saturated rings. The molecule has 0 aliphatic heterocycles. The van der Waals surface area contributed by atoms with Crippen LogP contribution in [0.15, 0.2) is 46.9 Å². The Hall–Kier alpha value is -1.86. The lowest BCUT2D eigenvalue weighted by Crippen LogP contribution is -2.01. The van der Waals surface area contributed by atoms with Gasteiger partial charge in [-0.2, -0.15) is 5.26 Å². The summed E-state index contributed by atoms with van der Waals surface area (Å²) in [5.41, 5.74) is 1.98. The van der Waals surface area contributed by atoms with Crippen LogP contribution in [0.25, 0.3) is 0 Å². The fraction of sp³-hybridized carbons (Fsp3) is 0.0714. The maximum absolute atomic E-state index is 13.5. The molecule has 0 bridgehead atoms. The largest absolute Gasteiger partial charge is 0.379 e. The van der Waals surface area contributed by atoms with E-state index in [9.17, 15) is 4.39 Å². The summed E-state index contributed by atoms with van der Waals surface area (Å²) in [5, 5.41) is 11.8. The second kappa shape index (κ2) is 5.65. The lowest BCUT2D eigenvalue weighted by molar-refractivity contribution is 0.630. The van der Waals surface area contributed by atoms with Crippen molar-refractivity contribution in [2.45, 2.75) is 6.54 Å². The fourth-order valence-corrected chi connectivity index (χ4v) is 1.94. The van der Waals surface area contributed by atoms with Crippen molar-refractivity contribution in [2.24, 2.45) is 0 Å². The predicted molar refractivity (Wildman–Crippen MR) is 72.6 cm³/mol. The SMILES string of the molecule is N#Cc1cccc(CNc2cc(Br)ccc2F)c1. The van der Waals surface area contributed by atoms with Crippen LogP contribution in [-0.4, -0.2) is 0 Å². The molecular weight excluding hydrogens is 295 g/mol. The van der Waals surface area contributed by atoms with E-state index in [1.54, 1.807) is 24.3 Å². The molecule has 0 saturated heterocycles. The summed E-state index contributed by atoms with van der Waals surface area (Å²) in [5.74, 6) is -0.297. The third-order valence-electron chi connectivity index (χ3n) is 2.47. The number of nitrogens with one attached hydrogen (secondary N) is 1. The van der Waals surface area contributed by atoms with Gasteiger partial charge in [0.05, 0.1) is 17.3 Å². The van der Waals surface area contributed by atoms with Crippen LogP contribution in [-0.2, 0) is 6.54 Å². The molecule has 2 aromatic carbocycles. The van der Waals surface area contributed by atoms with E-state index in [0.717, 1.165) is 10.0 Å². The molecule has 1 N–H and O–H groups in total. The molecular formula is C14H10BrFN2. The first-order valence-electron chi connectivity index (χ1n) is 5.37. The third kappa shape index (κ3) is 3.08. The fourth-order valence-electron chi connectivity index (χ4n) is 1.58. The summed E-state index contributed by atoms with van der Waals surface area (Å²) >= 11 is 3.30. The van der Waals surface area contributed by atoms with Gasteiger partial charge in [0.1, 0.15) is 5.82 Å². The smallest absolute Gasteiger partial charge is 0.146 e. The molecule has 0 atom stereocenters. The monoisotopic (exact) mass is 304 g/mol. The molecule has 0 unspecified atom stereocenters. The van der Waals surface area contributed by atoms with Crippen LogP contribution in [0, 0.1) is 17.1 Å². The number of nitriles is 1. The lowest BCUT2D eigenvalue weighted by Gasteiger charge is -2.08. The van der Waals surface area contributed by atoms with Gasteiger partial charge in [-0.1, -0.05) is 28.1 Å². The van der Waals surface area contributed by atoms with Crippen molar-refractivity contribution in [3.63, 3.8) is 0 Å². The molecule has 0 radical (unpaired) electrons. The van der Waals surface area contributed by atoms with Gasteiger partial charge in [-0.15, -0.1) is 0 Å². The van der Waals surface area contributed by atoms with E-state index in [4.69, 9.17) is 5.26 Å². The highest BCUT2D eigenvalue weighted by molar-refractivity contribution is 9.10. The molecule has 0 aliphatic rings. The molecule has 0 aliphatic carbocycles. The number of nitrogens with zero attached hydrogens (tertiary/aromatic N) is 1. The van der Waals surface area contributed by atoms with Crippen molar-refractivity contribution in [1.29, 1.82) is 5.26 Å². The Morgan fingerprint density at radius 1 is 1.22 bits per heavy atom. The highest BCUT2D eigenvalue weighted by Crippen LogP contribution is 2.20. The quantitative estimate of drug-likeness (QED) is 0.927. The first-order valence-corrected chi connectivity index (χ1v) is 6.16. The Balaban J connectivity index is 2.11. The van der Waals surface area contributed by atoms with E-state index in [1.165, 1.54) is 6.07 Å². The summed E-state index contributed by atoms with van der Waals surface area (Å²) in [7, 11) is 0. The molecule has 0 heterocycles. The van der Waals surface area contributed by atoms with E-state index in [1.807, 2.05) is 12.1 Å². The van der Waals surface area contributed by atoms with Gasteiger partial charge in [-0.25, -0.2) is 4.39 Å². The van der Waals surface area contributed by atoms with Gasteiger partial charge in [-0.3, -0.25) is 0 Å². The average molecular weight is 305 g/mol. The summed E-state index contributed by atoms with van der Waals surface area (Å²) in [6.45, 7) is 0.475. The van der Waals surface area contributed by atoms with Crippen molar-refractivity contribution in [3.8, 4) is 6.07 Å². The van der Waals surface area contributed by atoms with Crippen molar-refractivity contribution in [1.82, 2.24) is 0 Å². The van der Waals surface area contributed by atoms with Crippen molar-refractivity contribution < 1.29 is 4.39 Å². The third-order valence-corrected chi connectivity index (χ3v) is 2.96. The number of hydrogen-bond acceptors (Lipinski definition) is 2. The zero-order valence-electron chi connectivity index (χ0n) is 9.45. The first kappa shape index (κ1) is 12.6. The number of halogens is 2. The minimum absolute atomic E-state index is 0.297. The number of anilines is 1. The van der Waals surface area contributed by atoms with Gasteiger partial charge in [0.25, 0.3) is 0 Å². The summed E-state index contributed by atoms with van der Waals surface area (Å²) < 4.78 is 14.3. The minimum atomic E-state index is -0.297. The standard InChI is InChI=1S/C14H10BrFN2/c15-12-4-5-13(16)14(7-12)18-9-11-3-1-2-10(6-11)8-17/h1-7,18H,9H2. The maximum atomic E-state index is 13.5. The average Bonchev–Trinajstić information content (AvgIpc) is 2.40. The summed E-state index contributed by atoms with van der Waals surface area (Å²) in [6.07, 6.45) is 0. The second-order valence-corrected chi connectivity index (χ2v) is 4.71. The number of hydrogen-bond donors (Lipinski definition) is 1. The molecule has 0 spiro atoms. The zero-order chi connectivity index (χ0) is 13.0. The molecule has 2 rings (SSSR count). The van der Waals surface area contributed by atoms with Crippen molar-refractivity contribution in [3.05, 3.63) is 63.9 Å². The van der Waals surface area contributed by atoms with Crippen LogP contribution in [0.1, 0.15) is 11.1 Å². The topological polar surface area (TPSA) is 35.8 Å². The molecule has 18 heavy (non-hydrogen) atoms. The molecule has 0 aromatic heterocycles. The predicted octanol–water partition coefficient (Wildman–Crippen LogP) is 4.07. The van der Waals surface area contributed by atoms with E-state index < -0.39 is 0 Å². The molecule has 2 nitrogen and oxygen atoms in total. The maximum Gasteiger partial charge on any atom is 0.146 e. The lowest BCUT2D eigenvalue weighted by atomic mass is 10.1. The molecule has 2 aromatic rings. The Kier molecular flexibility index (Phi) is 3.96. The normalized spacial score (nSPS) is 9.83. The molecule has 90 valence electrons. The summed E-state index contributed by atoms with van der Waals surface area (Å²) in [4.78, 5) is 0. The Bertz CT molecular complexity index is 605. The molecule has 4 heteroatoms. The van der Waals surface area contributed by atoms with Gasteiger partial charge in [0, 0.05) is 11.0 Å². The van der Waals surface area contributed by atoms with E-state index >= 15 is 0 Å². The number of rotatable bonds is 3. The Morgan fingerprint density at radius 3 is 2.83 bits per heavy atom. The highest BCUT2D eigenvalue weighted by Gasteiger charge is 2.02. The minimum Gasteiger partial charge on any atom is -0.379 e. The van der Waals surface area contributed by atoms with Gasteiger partial charge in [0.2, 0.25) is 0 Å². The molecule has 0 saturated carbocycles. The van der Waals surface area contributed by atoms with Gasteiger partial charge in [0.15, 0.2) is 0 Å². The highest BCUT2D eigenvalue weighted by atomic mass is 79.9. The van der Waals surface area contributed by atoms with E-state index in [-0.39, 0.29) is 5.82 Å². The van der Waals surface area contributed by atoms with E-state index in [0.29, 0.717) is 17.8 Å². The van der Waals surface area contributed by atoms with Gasteiger partial charge >= 0.3 is 0 Å². The van der Waals surface area contributed by atoms with Crippen LogP contribution in [0.5, 0.6) is 0 Å². The van der Waals surface area contributed by atoms with Crippen molar-refractivity contribution in [2.75, 3.05) is 5.32 Å². The summed E-state index contributed by atoms with van der Waals surface area (Å²) in [6, 6.07) is 14.0. The Morgan fingerprint density at radius 2 is 2.06 bits per heavy atom. The van der Waals surface area contributed by atoms with Crippen LogP contribution in [0.3, 0.4) is 0 Å². The Labute approximate surface area is 113 Å². The van der Waals surface area contributed by atoms with Gasteiger partial charge in [-0.05, 0) is 35.9 Å². The van der Waals surface area contributed by atoms with Gasteiger partial charge < -0.3 is 5.32 Å². The van der Waals surface area contributed by atoms with E-state index in [2.05, 4.69) is 27.3 Å². The number of benzene rings is 2. The second-order valence-electron chi connectivity index (χ2n) is 3.79. The molecule has 0 amide bonds. The van der Waals surface area contributed by atoms with Crippen molar-refractivity contribution >= 4 is 21.6 Å². The first-order chi connectivity index (χ1) is 8.69. The van der Waals surface area contributed by atoms with Crippen LogP contribution >= 0.6 is 15.9 Å². The van der Waals surface area contributed by atoms with Crippen LogP contribution in [0.4, 0.5) is 10.1 Å². The van der Waals surface area contributed by atoms with Crippen LogP contribution in [0.2, 0.25) is 0 Å².